The van der Waals surface area contributed by atoms with Gasteiger partial charge in [-0.3, -0.25) is 14.9 Å². The lowest BCUT2D eigenvalue weighted by molar-refractivity contribution is -0.385. The van der Waals surface area contributed by atoms with Gasteiger partial charge in [0.05, 0.1) is 17.7 Å². The first kappa shape index (κ1) is 24.5. The van der Waals surface area contributed by atoms with Crippen LogP contribution in [-0.4, -0.2) is 30.3 Å². The van der Waals surface area contributed by atoms with E-state index in [-0.39, 0.29) is 11.4 Å². The van der Waals surface area contributed by atoms with Crippen molar-refractivity contribution in [2.75, 3.05) is 13.2 Å². The van der Waals surface area contributed by atoms with Crippen molar-refractivity contribution < 1.29 is 23.9 Å². The fraction of sp³-hybridized carbons (Fsp3) is 0.167. The average molecular weight is 484 g/mol. The second-order valence-corrected chi connectivity index (χ2v) is 7.30. The average Bonchev–Trinajstić information content (AvgIpc) is 2.83. The molecule has 3 rings (SSSR count). The summed E-state index contributed by atoms with van der Waals surface area (Å²) in [5, 5.41) is 15.5. The molecule has 0 spiro atoms. The maximum atomic E-state index is 12.0. The molecule has 0 unspecified atom stereocenters. The SMILES string of the molecule is CCOc1cc(/C=N\NC(=O)COc2ccccc2[N+](=O)[O-])ccc1OCc1ccc(Cl)cc1. The molecule has 0 atom stereocenters. The number of carbonyl (C=O) groups excluding carboxylic acids is 1. The highest BCUT2D eigenvalue weighted by Gasteiger charge is 2.14. The van der Waals surface area contributed by atoms with E-state index in [4.69, 9.17) is 25.8 Å². The van der Waals surface area contributed by atoms with Crippen LogP contribution in [0.5, 0.6) is 17.2 Å². The highest BCUT2D eigenvalue weighted by molar-refractivity contribution is 6.30. The molecule has 0 aliphatic carbocycles. The lowest BCUT2D eigenvalue weighted by Gasteiger charge is -2.12. The van der Waals surface area contributed by atoms with Crippen LogP contribution in [0, 0.1) is 10.1 Å². The number of amides is 1. The number of halogens is 1. The standard InChI is InChI=1S/C24H22ClN3O6/c1-2-32-23-13-18(9-12-22(23)33-15-17-7-10-19(25)11-8-17)14-26-27-24(29)16-34-21-6-4-3-5-20(21)28(30)31/h3-14H,2,15-16H2,1H3,(H,27,29)/b26-14-. The van der Waals surface area contributed by atoms with E-state index in [2.05, 4.69) is 10.5 Å². The third-order valence-corrected chi connectivity index (χ3v) is 4.65. The van der Waals surface area contributed by atoms with Gasteiger partial charge in [0.1, 0.15) is 6.61 Å². The van der Waals surface area contributed by atoms with Gasteiger partial charge in [-0.05, 0) is 54.4 Å². The van der Waals surface area contributed by atoms with Gasteiger partial charge < -0.3 is 14.2 Å². The largest absolute Gasteiger partial charge is 0.490 e. The van der Waals surface area contributed by atoms with E-state index >= 15 is 0 Å². The van der Waals surface area contributed by atoms with Crippen LogP contribution in [0.25, 0.3) is 0 Å². The van der Waals surface area contributed by atoms with Gasteiger partial charge in [0, 0.05) is 11.1 Å². The van der Waals surface area contributed by atoms with E-state index < -0.39 is 17.4 Å². The van der Waals surface area contributed by atoms with E-state index in [9.17, 15) is 14.9 Å². The zero-order valence-corrected chi connectivity index (χ0v) is 19.0. The van der Waals surface area contributed by atoms with E-state index in [1.165, 1.54) is 24.4 Å². The molecule has 0 aliphatic heterocycles. The third-order valence-electron chi connectivity index (χ3n) is 4.40. The van der Waals surface area contributed by atoms with Crippen LogP contribution in [0.4, 0.5) is 5.69 Å². The Hall–Kier alpha value is -4.11. The van der Waals surface area contributed by atoms with Crippen molar-refractivity contribution in [2.24, 2.45) is 5.10 Å². The molecular weight excluding hydrogens is 462 g/mol. The molecule has 9 nitrogen and oxygen atoms in total. The Morgan fingerprint density at radius 1 is 1.03 bits per heavy atom. The molecule has 1 N–H and O–H groups in total. The van der Waals surface area contributed by atoms with Crippen molar-refractivity contribution >= 4 is 29.4 Å². The van der Waals surface area contributed by atoms with Gasteiger partial charge in [-0.2, -0.15) is 5.10 Å². The zero-order valence-electron chi connectivity index (χ0n) is 18.3. The highest BCUT2D eigenvalue weighted by atomic mass is 35.5. The van der Waals surface area contributed by atoms with E-state index in [1.54, 1.807) is 36.4 Å². The summed E-state index contributed by atoms with van der Waals surface area (Å²) in [5.74, 6) is 0.534. The van der Waals surface area contributed by atoms with Crippen LogP contribution in [0.2, 0.25) is 5.02 Å². The molecule has 0 aromatic heterocycles. The first-order valence-corrected chi connectivity index (χ1v) is 10.7. The molecule has 0 heterocycles. The third kappa shape index (κ3) is 7.21. The first-order valence-electron chi connectivity index (χ1n) is 10.3. The number of nitro benzene ring substituents is 1. The number of ether oxygens (including phenoxy) is 3. The molecule has 0 bridgehead atoms. The quantitative estimate of drug-likeness (QED) is 0.239. The molecule has 0 saturated heterocycles. The Labute approximate surface area is 201 Å². The lowest BCUT2D eigenvalue weighted by Crippen LogP contribution is -2.24. The maximum Gasteiger partial charge on any atom is 0.310 e. The number of hydrogen-bond acceptors (Lipinski definition) is 7. The number of rotatable bonds is 11. The molecule has 0 radical (unpaired) electrons. The minimum absolute atomic E-state index is 0.00201. The van der Waals surface area contributed by atoms with Crippen molar-refractivity contribution in [1.29, 1.82) is 0 Å². The van der Waals surface area contributed by atoms with Crippen LogP contribution < -0.4 is 19.6 Å². The highest BCUT2D eigenvalue weighted by Crippen LogP contribution is 2.29. The van der Waals surface area contributed by atoms with Crippen molar-refractivity contribution in [3.63, 3.8) is 0 Å². The zero-order chi connectivity index (χ0) is 24.3. The first-order chi connectivity index (χ1) is 16.5. The molecular formula is C24H22ClN3O6. The summed E-state index contributed by atoms with van der Waals surface area (Å²) in [5.41, 5.74) is 3.73. The van der Waals surface area contributed by atoms with Crippen molar-refractivity contribution in [3.8, 4) is 17.2 Å². The summed E-state index contributed by atoms with van der Waals surface area (Å²) in [4.78, 5) is 22.4. The predicted molar refractivity (Wildman–Crippen MR) is 128 cm³/mol. The van der Waals surface area contributed by atoms with E-state index in [1.807, 2.05) is 19.1 Å². The van der Waals surface area contributed by atoms with Crippen molar-refractivity contribution in [3.05, 3.63) is 93.0 Å². The fourth-order valence-electron chi connectivity index (χ4n) is 2.82. The Balaban J connectivity index is 1.56. The van der Waals surface area contributed by atoms with Gasteiger partial charge in [0.15, 0.2) is 23.9 Å². The van der Waals surface area contributed by atoms with E-state index in [0.717, 1.165) is 5.56 Å². The molecule has 3 aromatic rings. The monoisotopic (exact) mass is 483 g/mol. The summed E-state index contributed by atoms with van der Waals surface area (Å²) in [6.45, 7) is 2.23. The van der Waals surface area contributed by atoms with Crippen LogP contribution in [-0.2, 0) is 11.4 Å². The van der Waals surface area contributed by atoms with Gasteiger partial charge in [0.25, 0.3) is 5.91 Å². The number of hydrogen-bond donors (Lipinski definition) is 1. The van der Waals surface area contributed by atoms with Crippen LogP contribution in [0.3, 0.4) is 0 Å². The Bertz CT molecular complexity index is 1170. The number of nitrogens with zero attached hydrogens (tertiary/aromatic N) is 2. The molecule has 1 amide bonds. The minimum atomic E-state index is -0.579. The fourth-order valence-corrected chi connectivity index (χ4v) is 2.94. The van der Waals surface area contributed by atoms with Gasteiger partial charge in [0.2, 0.25) is 0 Å². The molecule has 3 aromatic carbocycles. The minimum Gasteiger partial charge on any atom is -0.490 e. The van der Waals surface area contributed by atoms with Crippen molar-refractivity contribution in [2.45, 2.75) is 13.5 Å². The van der Waals surface area contributed by atoms with Gasteiger partial charge in [-0.25, -0.2) is 5.43 Å². The van der Waals surface area contributed by atoms with Gasteiger partial charge in [-0.15, -0.1) is 0 Å². The molecule has 10 heteroatoms. The Morgan fingerprint density at radius 2 is 1.79 bits per heavy atom. The molecule has 0 aliphatic rings. The van der Waals surface area contributed by atoms with Crippen LogP contribution >= 0.6 is 11.6 Å². The topological polar surface area (TPSA) is 112 Å². The normalized spacial score (nSPS) is 10.6. The van der Waals surface area contributed by atoms with Gasteiger partial charge in [-0.1, -0.05) is 35.9 Å². The maximum absolute atomic E-state index is 12.0. The number of nitrogens with one attached hydrogen (secondary N) is 1. The summed E-state index contributed by atoms with van der Waals surface area (Å²) in [6.07, 6.45) is 1.44. The Morgan fingerprint density at radius 3 is 2.53 bits per heavy atom. The summed E-state index contributed by atoms with van der Waals surface area (Å²) < 4.78 is 16.8. The second kappa shape index (κ2) is 12.2. The number of para-hydroxylation sites is 2. The van der Waals surface area contributed by atoms with Crippen LogP contribution in [0.15, 0.2) is 71.8 Å². The molecule has 0 fully saturated rings. The smallest absolute Gasteiger partial charge is 0.310 e. The number of hydrazone groups is 1. The number of nitro groups is 1. The lowest BCUT2D eigenvalue weighted by atomic mass is 10.2. The summed E-state index contributed by atoms with van der Waals surface area (Å²) in [6, 6.07) is 18.4. The second-order valence-electron chi connectivity index (χ2n) is 6.86. The number of benzene rings is 3. The van der Waals surface area contributed by atoms with Crippen molar-refractivity contribution in [1.82, 2.24) is 5.43 Å². The van der Waals surface area contributed by atoms with Crippen LogP contribution in [0.1, 0.15) is 18.1 Å². The summed E-state index contributed by atoms with van der Waals surface area (Å²) >= 11 is 5.91. The predicted octanol–water partition coefficient (Wildman–Crippen LogP) is 4.76. The van der Waals surface area contributed by atoms with Gasteiger partial charge >= 0.3 is 5.69 Å². The molecule has 176 valence electrons. The molecule has 0 saturated carbocycles. The Kier molecular flexibility index (Phi) is 8.81. The molecule has 34 heavy (non-hydrogen) atoms. The summed E-state index contributed by atoms with van der Waals surface area (Å²) in [7, 11) is 0. The number of carbonyl (C=O) groups is 1. The van der Waals surface area contributed by atoms with E-state index in [0.29, 0.717) is 35.3 Å².